The van der Waals surface area contributed by atoms with Gasteiger partial charge in [-0.3, -0.25) is 4.79 Å². The first-order valence-electron chi connectivity index (χ1n) is 5.32. The molecule has 0 amide bonds. The number of benzene rings is 1. The summed E-state index contributed by atoms with van der Waals surface area (Å²) < 4.78 is 0. The number of aromatic nitrogens is 2. The van der Waals surface area contributed by atoms with Crippen molar-refractivity contribution in [2.45, 2.75) is 6.42 Å². The number of aromatic amines is 2. The van der Waals surface area contributed by atoms with E-state index in [9.17, 15) is 9.59 Å². The van der Waals surface area contributed by atoms with Crippen LogP contribution >= 0.6 is 0 Å². The fraction of sp³-hybridized carbons (Fsp3) is 0.167. The minimum atomic E-state index is -0.291. The molecule has 0 fully saturated rings. The van der Waals surface area contributed by atoms with Gasteiger partial charge in [-0.15, -0.1) is 0 Å². The lowest BCUT2D eigenvalue weighted by Crippen LogP contribution is -2.09. The van der Waals surface area contributed by atoms with E-state index in [0.717, 1.165) is 0 Å². The number of ketones is 1. The van der Waals surface area contributed by atoms with Gasteiger partial charge in [-0.2, -0.15) is 0 Å². The summed E-state index contributed by atoms with van der Waals surface area (Å²) in [5.41, 5.74) is 6.98. The molecule has 5 heteroatoms. The van der Waals surface area contributed by atoms with E-state index < -0.39 is 0 Å². The zero-order chi connectivity index (χ0) is 12.3. The van der Waals surface area contributed by atoms with Gasteiger partial charge in [0.05, 0.1) is 5.69 Å². The predicted molar refractivity (Wildman–Crippen MR) is 64.9 cm³/mol. The molecule has 1 aromatic heterocycles. The molecule has 4 N–H and O–H groups in total. The Balaban J connectivity index is 2.47. The highest BCUT2D eigenvalue weighted by molar-refractivity contribution is 6.01. The molecule has 0 aliphatic rings. The van der Waals surface area contributed by atoms with E-state index in [-0.39, 0.29) is 11.5 Å². The van der Waals surface area contributed by atoms with Crippen LogP contribution in [0.4, 0.5) is 0 Å². The summed E-state index contributed by atoms with van der Waals surface area (Å²) in [4.78, 5) is 28.1. The van der Waals surface area contributed by atoms with Gasteiger partial charge >= 0.3 is 5.69 Å². The number of hydrogen-bond acceptors (Lipinski definition) is 3. The standard InChI is InChI=1S/C12H13N3O2/c13-6-5-11(16)9-4-2-1-3-8(9)10-7-14-12(17)15-10/h1-4,7H,5-6,13H2,(H2,14,15,17). The zero-order valence-electron chi connectivity index (χ0n) is 9.19. The molecule has 5 nitrogen and oxygen atoms in total. The SMILES string of the molecule is NCCC(=O)c1ccccc1-c1c[nH]c(=O)[nH]1. The molecule has 17 heavy (non-hydrogen) atoms. The number of hydrogen-bond donors (Lipinski definition) is 3. The molecule has 2 aromatic rings. The third-order valence-electron chi connectivity index (χ3n) is 2.48. The largest absolute Gasteiger partial charge is 0.330 e. The van der Waals surface area contributed by atoms with Crippen molar-refractivity contribution in [3.05, 3.63) is 46.5 Å². The highest BCUT2D eigenvalue weighted by Crippen LogP contribution is 2.21. The summed E-state index contributed by atoms with van der Waals surface area (Å²) in [6.07, 6.45) is 1.85. The van der Waals surface area contributed by atoms with Crippen molar-refractivity contribution in [1.82, 2.24) is 9.97 Å². The fourth-order valence-electron chi connectivity index (χ4n) is 1.70. The minimum absolute atomic E-state index is 0.0230. The smallest absolute Gasteiger partial charge is 0.323 e. The molecule has 88 valence electrons. The van der Waals surface area contributed by atoms with Crippen LogP contribution in [0.2, 0.25) is 0 Å². The van der Waals surface area contributed by atoms with Crippen LogP contribution in [-0.2, 0) is 0 Å². The Morgan fingerprint density at radius 3 is 2.71 bits per heavy atom. The Morgan fingerprint density at radius 1 is 1.29 bits per heavy atom. The number of Topliss-reactive ketones (excluding diaryl/α,β-unsaturated/α-hetero) is 1. The Morgan fingerprint density at radius 2 is 2.06 bits per heavy atom. The molecule has 0 unspecified atom stereocenters. The van der Waals surface area contributed by atoms with Gasteiger partial charge in [0.25, 0.3) is 0 Å². The zero-order valence-corrected chi connectivity index (χ0v) is 9.19. The maximum Gasteiger partial charge on any atom is 0.323 e. The van der Waals surface area contributed by atoms with Crippen LogP contribution in [0, 0.1) is 0 Å². The third kappa shape index (κ3) is 2.34. The second kappa shape index (κ2) is 4.80. The van der Waals surface area contributed by atoms with Crippen LogP contribution in [0.3, 0.4) is 0 Å². The van der Waals surface area contributed by atoms with Gasteiger partial charge in [0.15, 0.2) is 5.78 Å². The molecule has 1 heterocycles. The minimum Gasteiger partial charge on any atom is -0.330 e. The second-order valence-electron chi connectivity index (χ2n) is 3.66. The molecule has 0 aliphatic carbocycles. The van der Waals surface area contributed by atoms with E-state index in [1.807, 2.05) is 6.07 Å². The van der Waals surface area contributed by atoms with Gasteiger partial charge in [-0.25, -0.2) is 4.79 Å². The third-order valence-corrected chi connectivity index (χ3v) is 2.48. The van der Waals surface area contributed by atoms with Crippen molar-refractivity contribution in [2.24, 2.45) is 5.73 Å². The van der Waals surface area contributed by atoms with Crippen LogP contribution in [0.15, 0.2) is 35.3 Å². The number of rotatable bonds is 4. The average molecular weight is 231 g/mol. The van der Waals surface area contributed by atoms with Crippen LogP contribution in [0.5, 0.6) is 0 Å². The van der Waals surface area contributed by atoms with Gasteiger partial charge in [-0.05, 0) is 6.54 Å². The highest BCUT2D eigenvalue weighted by atomic mass is 16.1. The summed E-state index contributed by atoms with van der Waals surface area (Å²) in [5, 5.41) is 0. The van der Waals surface area contributed by atoms with Crippen LogP contribution < -0.4 is 11.4 Å². The van der Waals surface area contributed by atoms with Gasteiger partial charge in [0.2, 0.25) is 0 Å². The van der Waals surface area contributed by atoms with Gasteiger partial charge < -0.3 is 15.7 Å². The fourth-order valence-corrected chi connectivity index (χ4v) is 1.70. The molecule has 1 aromatic carbocycles. The van der Waals surface area contributed by atoms with Crippen LogP contribution in [-0.4, -0.2) is 22.3 Å². The van der Waals surface area contributed by atoms with E-state index in [2.05, 4.69) is 9.97 Å². The Bertz CT molecular complexity index is 583. The Kier molecular flexibility index (Phi) is 3.20. The number of imidazole rings is 1. The number of nitrogens with two attached hydrogens (primary N) is 1. The summed E-state index contributed by atoms with van der Waals surface area (Å²) in [6.45, 7) is 0.316. The van der Waals surface area contributed by atoms with Gasteiger partial charge in [-0.1, -0.05) is 24.3 Å². The van der Waals surface area contributed by atoms with E-state index in [1.54, 1.807) is 24.4 Å². The van der Waals surface area contributed by atoms with E-state index in [4.69, 9.17) is 5.73 Å². The van der Waals surface area contributed by atoms with Crippen molar-refractivity contribution >= 4 is 5.78 Å². The molecular weight excluding hydrogens is 218 g/mol. The molecule has 0 aliphatic heterocycles. The summed E-state index contributed by atoms with van der Waals surface area (Å²) in [6, 6.07) is 7.14. The molecule has 0 atom stereocenters. The summed E-state index contributed by atoms with van der Waals surface area (Å²) in [7, 11) is 0. The van der Waals surface area contributed by atoms with Crippen molar-refractivity contribution in [3.8, 4) is 11.3 Å². The van der Waals surface area contributed by atoms with Gasteiger partial charge in [0.1, 0.15) is 0 Å². The topological polar surface area (TPSA) is 91.7 Å². The number of H-pyrrole nitrogens is 2. The maximum atomic E-state index is 11.9. The van der Waals surface area contributed by atoms with Crippen molar-refractivity contribution in [3.63, 3.8) is 0 Å². The van der Waals surface area contributed by atoms with Crippen molar-refractivity contribution in [2.75, 3.05) is 6.54 Å². The van der Waals surface area contributed by atoms with Gasteiger partial charge in [0, 0.05) is 23.7 Å². The molecule has 0 radical (unpaired) electrons. The van der Waals surface area contributed by atoms with E-state index in [0.29, 0.717) is 29.8 Å². The molecule has 0 saturated carbocycles. The van der Waals surface area contributed by atoms with E-state index >= 15 is 0 Å². The van der Waals surface area contributed by atoms with Crippen LogP contribution in [0.25, 0.3) is 11.3 Å². The molecule has 0 bridgehead atoms. The van der Waals surface area contributed by atoms with Crippen molar-refractivity contribution in [1.29, 1.82) is 0 Å². The molecule has 0 saturated heterocycles. The Hall–Kier alpha value is -2.14. The predicted octanol–water partition coefficient (Wildman–Crippen LogP) is 0.901. The number of nitrogens with one attached hydrogen (secondary N) is 2. The molecular formula is C12H13N3O2. The highest BCUT2D eigenvalue weighted by Gasteiger charge is 2.12. The lowest BCUT2D eigenvalue weighted by atomic mass is 10.00. The first-order chi connectivity index (χ1) is 8.22. The van der Waals surface area contributed by atoms with Crippen molar-refractivity contribution < 1.29 is 4.79 Å². The summed E-state index contributed by atoms with van der Waals surface area (Å²) in [5.74, 6) is -0.0230. The average Bonchev–Trinajstić information content (AvgIpc) is 2.76. The molecule has 2 rings (SSSR count). The van der Waals surface area contributed by atoms with Crippen LogP contribution in [0.1, 0.15) is 16.8 Å². The summed E-state index contributed by atoms with van der Waals surface area (Å²) >= 11 is 0. The normalized spacial score (nSPS) is 10.4. The van der Waals surface area contributed by atoms with E-state index in [1.165, 1.54) is 0 Å². The quantitative estimate of drug-likeness (QED) is 0.683. The lowest BCUT2D eigenvalue weighted by Gasteiger charge is -2.05. The first kappa shape index (κ1) is 11.3. The number of carbonyl (C=O) groups is 1. The number of carbonyl (C=O) groups excluding carboxylic acids is 1. The maximum absolute atomic E-state index is 11.9. The molecule has 0 spiro atoms. The lowest BCUT2D eigenvalue weighted by molar-refractivity contribution is 0.0986. The monoisotopic (exact) mass is 231 g/mol. The first-order valence-corrected chi connectivity index (χ1v) is 5.32. The Labute approximate surface area is 97.7 Å². The second-order valence-corrected chi connectivity index (χ2v) is 3.66.